The van der Waals surface area contributed by atoms with Gasteiger partial charge in [-0.25, -0.2) is 9.78 Å². The second-order valence-electron chi connectivity index (χ2n) is 9.30. The standard InChI is InChI=1S/C22H34N4O4/c1-15-13-19(24-16(2)23-15)29-18-8-11-25(12-9-18)20(27)17-7-6-10-26(14-17)21(28)30-22(3,4)5/h13,17-18H,6-12,14H2,1-5H3/t17-/m1/s1. The van der Waals surface area contributed by atoms with E-state index in [1.807, 2.05) is 45.6 Å². The molecule has 8 nitrogen and oxygen atoms in total. The lowest BCUT2D eigenvalue weighted by Gasteiger charge is -2.38. The first-order chi connectivity index (χ1) is 14.1. The molecule has 3 heterocycles. The van der Waals surface area contributed by atoms with Crippen molar-refractivity contribution in [2.75, 3.05) is 26.2 Å². The van der Waals surface area contributed by atoms with Crippen LogP contribution in [-0.2, 0) is 9.53 Å². The smallest absolute Gasteiger partial charge is 0.410 e. The quantitative estimate of drug-likeness (QED) is 0.750. The number of hydrogen-bond acceptors (Lipinski definition) is 6. The molecular formula is C22H34N4O4. The van der Waals surface area contributed by atoms with Gasteiger partial charge in [-0.2, -0.15) is 4.98 Å². The van der Waals surface area contributed by atoms with Gasteiger partial charge in [-0.15, -0.1) is 0 Å². The molecule has 1 aromatic rings. The van der Waals surface area contributed by atoms with E-state index in [0.29, 0.717) is 37.9 Å². The summed E-state index contributed by atoms with van der Waals surface area (Å²) in [5, 5.41) is 0. The van der Waals surface area contributed by atoms with Crippen molar-refractivity contribution in [1.29, 1.82) is 0 Å². The fourth-order valence-corrected chi connectivity index (χ4v) is 4.04. The van der Waals surface area contributed by atoms with Crippen LogP contribution in [0.2, 0.25) is 0 Å². The number of amides is 2. The zero-order valence-electron chi connectivity index (χ0n) is 18.8. The summed E-state index contributed by atoms with van der Waals surface area (Å²) in [6.07, 6.45) is 2.90. The highest BCUT2D eigenvalue weighted by Gasteiger charge is 2.34. The van der Waals surface area contributed by atoms with Crippen LogP contribution in [0.25, 0.3) is 0 Å². The molecule has 0 radical (unpaired) electrons. The molecule has 0 aliphatic carbocycles. The van der Waals surface area contributed by atoms with Crippen LogP contribution in [-0.4, -0.2) is 69.7 Å². The fraction of sp³-hybridized carbons (Fsp3) is 0.727. The maximum Gasteiger partial charge on any atom is 0.410 e. The molecule has 0 unspecified atom stereocenters. The maximum atomic E-state index is 13.0. The van der Waals surface area contributed by atoms with Crippen molar-refractivity contribution in [2.45, 2.75) is 72.0 Å². The largest absolute Gasteiger partial charge is 0.474 e. The van der Waals surface area contributed by atoms with E-state index in [1.165, 1.54) is 0 Å². The number of aromatic nitrogens is 2. The second-order valence-corrected chi connectivity index (χ2v) is 9.30. The van der Waals surface area contributed by atoms with Crippen molar-refractivity contribution in [2.24, 2.45) is 5.92 Å². The summed E-state index contributed by atoms with van der Waals surface area (Å²) in [6, 6.07) is 1.85. The molecule has 2 amide bonds. The van der Waals surface area contributed by atoms with Crippen molar-refractivity contribution < 1.29 is 19.1 Å². The minimum atomic E-state index is -0.531. The molecule has 0 spiro atoms. The first kappa shape index (κ1) is 22.3. The minimum absolute atomic E-state index is 0.0485. The Hall–Kier alpha value is -2.38. The van der Waals surface area contributed by atoms with Gasteiger partial charge in [-0.1, -0.05) is 0 Å². The first-order valence-corrected chi connectivity index (χ1v) is 10.9. The predicted octanol–water partition coefficient (Wildman–Crippen LogP) is 3.11. The van der Waals surface area contributed by atoms with E-state index in [1.54, 1.807) is 4.90 Å². The minimum Gasteiger partial charge on any atom is -0.474 e. The lowest BCUT2D eigenvalue weighted by Crippen LogP contribution is -2.50. The molecular weight excluding hydrogens is 384 g/mol. The number of rotatable bonds is 3. The van der Waals surface area contributed by atoms with Gasteiger partial charge in [0.1, 0.15) is 17.5 Å². The average molecular weight is 419 g/mol. The third kappa shape index (κ3) is 6.06. The molecule has 0 bridgehead atoms. The van der Waals surface area contributed by atoms with E-state index in [-0.39, 0.29) is 24.0 Å². The highest BCUT2D eigenvalue weighted by atomic mass is 16.6. The van der Waals surface area contributed by atoms with E-state index in [0.717, 1.165) is 31.4 Å². The van der Waals surface area contributed by atoms with Crippen molar-refractivity contribution >= 4 is 12.0 Å². The maximum absolute atomic E-state index is 13.0. The molecule has 1 aromatic heterocycles. The third-order valence-corrected chi connectivity index (χ3v) is 5.41. The number of ether oxygens (including phenoxy) is 2. The topological polar surface area (TPSA) is 84.9 Å². The van der Waals surface area contributed by atoms with E-state index in [2.05, 4.69) is 9.97 Å². The van der Waals surface area contributed by atoms with Crippen LogP contribution in [0.5, 0.6) is 5.88 Å². The van der Waals surface area contributed by atoms with E-state index in [4.69, 9.17) is 9.47 Å². The van der Waals surface area contributed by atoms with Gasteiger partial charge >= 0.3 is 6.09 Å². The Morgan fingerprint density at radius 2 is 1.73 bits per heavy atom. The van der Waals surface area contributed by atoms with Crippen LogP contribution in [0, 0.1) is 19.8 Å². The van der Waals surface area contributed by atoms with Gasteiger partial charge in [0, 0.05) is 50.8 Å². The third-order valence-electron chi connectivity index (χ3n) is 5.41. The second kappa shape index (κ2) is 9.18. The van der Waals surface area contributed by atoms with E-state index >= 15 is 0 Å². The van der Waals surface area contributed by atoms with Crippen LogP contribution in [0.1, 0.15) is 58.0 Å². The van der Waals surface area contributed by atoms with Crippen LogP contribution >= 0.6 is 0 Å². The molecule has 0 aromatic carbocycles. The number of likely N-dealkylation sites (tertiary alicyclic amines) is 2. The monoisotopic (exact) mass is 418 g/mol. The molecule has 1 atom stereocenters. The molecule has 166 valence electrons. The highest BCUT2D eigenvalue weighted by molar-refractivity contribution is 5.80. The number of nitrogens with zero attached hydrogens (tertiary/aromatic N) is 4. The van der Waals surface area contributed by atoms with Crippen LogP contribution in [0.3, 0.4) is 0 Å². The van der Waals surface area contributed by atoms with Crippen LogP contribution in [0.15, 0.2) is 6.07 Å². The predicted molar refractivity (Wildman–Crippen MR) is 112 cm³/mol. The Balaban J connectivity index is 1.50. The number of piperidine rings is 2. The Bertz CT molecular complexity index is 749. The number of carbonyl (C=O) groups is 2. The molecule has 0 saturated carbocycles. The van der Waals surface area contributed by atoms with Gasteiger partial charge in [-0.05, 0) is 47.5 Å². The van der Waals surface area contributed by atoms with Gasteiger partial charge < -0.3 is 19.3 Å². The van der Waals surface area contributed by atoms with Gasteiger partial charge in [-0.3, -0.25) is 4.79 Å². The highest BCUT2D eigenvalue weighted by Crippen LogP contribution is 2.24. The van der Waals surface area contributed by atoms with Crippen molar-refractivity contribution in [3.05, 3.63) is 17.6 Å². The van der Waals surface area contributed by atoms with Crippen LogP contribution < -0.4 is 4.74 Å². The Morgan fingerprint density at radius 1 is 1.03 bits per heavy atom. The number of hydrogen-bond donors (Lipinski definition) is 0. The van der Waals surface area contributed by atoms with E-state index < -0.39 is 5.60 Å². The van der Waals surface area contributed by atoms with Crippen molar-refractivity contribution in [3.8, 4) is 5.88 Å². The van der Waals surface area contributed by atoms with Gasteiger partial charge in [0.2, 0.25) is 11.8 Å². The molecule has 30 heavy (non-hydrogen) atoms. The fourth-order valence-electron chi connectivity index (χ4n) is 4.04. The Kier molecular flexibility index (Phi) is 6.83. The Morgan fingerprint density at radius 3 is 2.37 bits per heavy atom. The lowest BCUT2D eigenvalue weighted by atomic mass is 9.95. The zero-order chi connectivity index (χ0) is 21.9. The molecule has 8 heteroatoms. The molecule has 2 fully saturated rings. The summed E-state index contributed by atoms with van der Waals surface area (Å²) in [7, 11) is 0. The number of carbonyl (C=O) groups excluding carboxylic acids is 2. The molecule has 2 saturated heterocycles. The summed E-state index contributed by atoms with van der Waals surface area (Å²) < 4.78 is 11.5. The van der Waals surface area contributed by atoms with Crippen molar-refractivity contribution in [1.82, 2.24) is 19.8 Å². The summed E-state index contributed by atoms with van der Waals surface area (Å²) in [5.41, 5.74) is 0.355. The summed E-state index contributed by atoms with van der Waals surface area (Å²) in [5.74, 6) is 1.28. The molecule has 3 rings (SSSR count). The SMILES string of the molecule is Cc1cc(OC2CCN(C(=O)[C@@H]3CCCN(C(=O)OC(C)(C)C)C3)CC2)nc(C)n1. The average Bonchev–Trinajstić information content (AvgIpc) is 2.66. The van der Waals surface area contributed by atoms with Gasteiger partial charge in [0.25, 0.3) is 0 Å². The van der Waals surface area contributed by atoms with E-state index in [9.17, 15) is 9.59 Å². The normalized spacial score (nSPS) is 20.8. The van der Waals surface area contributed by atoms with Crippen molar-refractivity contribution in [3.63, 3.8) is 0 Å². The van der Waals surface area contributed by atoms with Crippen LogP contribution in [0.4, 0.5) is 4.79 Å². The number of aryl methyl sites for hydroxylation is 2. The zero-order valence-corrected chi connectivity index (χ0v) is 18.8. The first-order valence-electron chi connectivity index (χ1n) is 10.9. The molecule has 0 N–H and O–H groups in total. The summed E-state index contributed by atoms with van der Waals surface area (Å²) in [6.45, 7) is 11.7. The summed E-state index contributed by atoms with van der Waals surface area (Å²) in [4.78, 5) is 37.6. The summed E-state index contributed by atoms with van der Waals surface area (Å²) >= 11 is 0. The lowest BCUT2D eigenvalue weighted by molar-refractivity contribution is -0.139. The van der Waals surface area contributed by atoms with Gasteiger partial charge in [0.15, 0.2) is 0 Å². The molecule has 2 aliphatic rings. The molecule has 2 aliphatic heterocycles. The van der Waals surface area contributed by atoms with Gasteiger partial charge in [0.05, 0.1) is 5.92 Å². The Labute approximate surface area is 178 Å².